The molecule has 0 aliphatic rings. The van der Waals surface area contributed by atoms with Crippen LogP contribution in [0.3, 0.4) is 0 Å². The van der Waals surface area contributed by atoms with Crippen molar-refractivity contribution in [3.63, 3.8) is 0 Å². The number of hydrogen-bond acceptors (Lipinski definition) is 3. The number of aromatic nitrogens is 4. The predicted octanol–water partition coefficient (Wildman–Crippen LogP) is -0.0666. The van der Waals surface area contributed by atoms with Gasteiger partial charge in [0.2, 0.25) is 0 Å². The van der Waals surface area contributed by atoms with Gasteiger partial charge in [0, 0.05) is 26.5 Å². The summed E-state index contributed by atoms with van der Waals surface area (Å²) in [6.07, 6.45) is 3.17. The maximum atomic E-state index is 11.9. The first kappa shape index (κ1) is 12.1. The standard InChI is InChI=1S/C10H11IN4O2/c1-13-6-8(11)9(16)15(10(13)17)5-7-3-4-12-14(7)2/h3-4,6H,5H2,1-2H3. The molecule has 2 aromatic heterocycles. The predicted molar refractivity (Wildman–Crippen MR) is 71.0 cm³/mol. The second-order valence-corrected chi connectivity index (χ2v) is 4.87. The molecule has 0 bridgehead atoms. The molecule has 0 aliphatic heterocycles. The summed E-state index contributed by atoms with van der Waals surface area (Å²) in [7, 11) is 3.41. The zero-order valence-electron chi connectivity index (χ0n) is 9.42. The molecule has 0 spiro atoms. The maximum absolute atomic E-state index is 11.9. The minimum absolute atomic E-state index is 0.235. The van der Waals surface area contributed by atoms with Crippen molar-refractivity contribution in [1.29, 1.82) is 0 Å². The third-order valence-corrected chi connectivity index (χ3v) is 3.27. The van der Waals surface area contributed by atoms with E-state index >= 15 is 0 Å². The molecule has 17 heavy (non-hydrogen) atoms. The summed E-state index contributed by atoms with van der Waals surface area (Å²) >= 11 is 1.93. The van der Waals surface area contributed by atoms with E-state index in [2.05, 4.69) is 5.10 Å². The van der Waals surface area contributed by atoms with Crippen molar-refractivity contribution in [3.8, 4) is 0 Å². The number of rotatable bonds is 2. The van der Waals surface area contributed by atoms with E-state index in [4.69, 9.17) is 0 Å². The molecule has 2 rings (SSSR count). The molecule has 6 nitrogen and oxygen atoms in total. The molecule has 0 N–H and O–H groups in total. The van der Waals surface area contributed by atoms with Gasteiger partial charge in [-0.05, 0) is 28.7 Å². The smallest absolute Gasteiger partial charge is 0.302 e. The minimum Gasteiger partial charge on any atom is -0.302 e. The van der Waals surface area contributed by atoms with Gasteiger partial charge in [0.05, 0.1) is 15.8 Å². The summed E-state index contributed by atoms with van der Waals surface area (Å²) in [6.45, 7) is 0.235. The second-order valence-electron chi connectivity index (χ2n) is 3.71. The Kier molecular flexibility index (Phi) is 3.18. The van der Waals surface area contributed by atoms with Crippen molar-refractivity contribution in [1.82, 2.24) is 18.9 Å². The Hall–Kier alpha value is -1.38. The van der Waals surface area contributed by atoms with Gasteiger partial charge in [-0.2, -0.15) is 5.10 Å². The molecule has 0 radical (unpaired) electrons. The van der Waals surface area contributed by atoms with Crippen molar-refractivity contribution in [2.24, 2.45) is 14.1 Å². The first-order valence-corrected chi connectivity index (χ1v) is 6.01. The Morgan fingerprint density at radius 3 is 2.65 bits per heavy atom. The average Bonchev–Trinajstić information content (AvgIpc) is 2.68. The molecule has 0 aromatic carbocycles. The van der Waals surface area contributed by atoms with Gasteiger partial charge < -0.3 is 4.57 Å². The fourth-order valence-corrected chi connectivity index (χ4v) is 2.25. The lowest BCUT2D eigenvalue weighted by Crippen LogP contribution is -2.40. The van der Waals surface area contributed by atoms with Crippen LogP contribution in [0.2, 0.25) is 0 Å². The van der Waals surface area contributed by atoms with Gasteiger partial charge in [0.15, 0.2) is 0 Å². The summed E-state index contributed by atoms with van der Waals surface area (Å²) < 4.78 is 4.77. The largest absolute Gasteiger partial charge is 0.331 e. The molecule has 0 unspecified atom stereocenters. The molecular formula is C10H11IN4O2. The molecule has 90 valence electrons. The number of nitrogens with zero attached hydrogens (tertiary/aromatic N) is 4. The van der Waals surface area contributed by atoms with Crippen molar-refractivity contribution in [3.05, 3.63) is 48.6 Å². The maximum Gasteiger partial charge on any atom is 0.331 e. The highest BCUT2D eigenvalue weighted by atomic mass is 127. The Labute approximate surface area is 111 Å². The summed E-state index contributed by atoms with van der Waals surface area (Å²) in [4.78, 5) is 23.8. The van der Waals surface area contributed by atoms with E-state index in [1.54, 1.807) is 31.0 Å². The lowest BCUT2D eigenvalue weighted by atomic mass is 10.4. The van der Waals surface area contributed by atoms with E-state index < -0.39 is 0 Å². The third kappa shape index (κ3) is 2.19. The normalized spacial score (nSPS) is 10.8. The highest BCUT2D eigenvalue weighted by Gasteiger charge is 2.09. The highest BCUT2D eigenvalue weighted by molar-refractivity contribution is 14.1. The molecule has 0 saturated heterocycles. The van der Waals surface area contributed by atoms with Crippen molar-refractivity contribution < 1.29 is 0 Å². The minimum atomic E-state index is -0.323. The van der Waals surface area contributed by atoms with Crippen LogP contribution in [0.4, 0.5) is 0 Å². The first-order chi connectivity index (χ1) is 8.00. The summed E-state index contributed by atoms with van der Waals surface area (Å²) in [5.74, 6) is 0. The molecule has 0 amide bonds. The van der Waals surface area contributed by atoms with Gasteiger partial charge in [0.25, 0.3) is 5.56 Å². The van der Waals surface area contributed by atoms with Crippen LogP contribution in [-0.2, 0) is 20.6 Å². The van der Waals surface area contributed by atoms with Crippen LogP contribution in [0.15, 0.2) is 28.0 Å². The van der Waals surface area contributed by atoms with Crippen LogP contribution >= 0.6 is 22.6 Å². The fourth-order valence-electron chi connectivity index (χ4n) is 1.54. The first-order valence-electron chi connectivity index (χ1n) is 4.93. The van der Waals surface area contributed by atoms with Gasteiger partial charge in [-0.25, -0.2) is 4.79 Å². The molecule has 0 fully saturated rings. The average molecular weight is 346 g/mol. The zero-order chi connectivity index (χ0) is 12.6. The van der Waals surface area contributed by atoms with Gasteiger partial charge >= 0.3 is 5.69 Å². The number of aryl methyl sites for hydroxylation is 2. The SMILES string of the molecule is Cn1nccc1Cn1c(=O)c(I)cn(C)c1=O. The van der Waals surface area contributed by atoms with Crippen LogP contribution in [0.5, 0.6) is 0 Å². The molecule has 2 heterocycles. The van der Waals surface area contributed by atoms with E-state index in [1.165, 1.54) is 15.3 Å². The van der Waals surface area contributed by atoms with Crippen LogP contribution < -0.4 is 11.2 Å². The molecule has 2 aromatic rings. The van der Waals surface area contributed by atoms with Crippen molar-refractivity contribution in [2.45, 2.75) is 6.54 Å². The van der Waals surface area contributed by atoms with E-state index in [0.29, 0.717) is 3.57 Å². The second kappa shape index (κ2) is 4.47. The van der Waals surface area contributed by atoms with Crippen LogP contribution in [0, 0.1) is 3.57 Å². The topological polar surface area (TPSA) is 61.8 Å². The monoisotopic (exact) mass is 346 g/mol. The highest BCUT2D eigenvalue weighted by Crippen LogP contribution is 1.98. The van der Waals surface area contributed by atoms with Gasteiger partial charge in [-0.15, -0.1) is 0 Å². The van der Waals surface area contributed by atoms with E-state index in [-0.39, 0.29) is 17.8 Å². The zero-order valence-corrected chi connectivity index (χ0v) is 11.6. The Morgan fingerprint density at radius 1 is 1.35 bits per heavy atom. The third-order valence-electron chi connectivity index (χ3n) is 2.53. The molecular weight excluding hydrogens is 335 g/mol. The summed E-state index contributed by atoms with van der Waals surface area (Å²) in [6, 6.07) is 1.78. The van der Waals surface area contributed by atoms with Gasteiger partial charge in [-0.1, -0.05) is 0 Å². The lowest BCUT2D eigenvalue weighted by Gasteiger charge is -2.07. The van der Waals surface area contributed by atoms with Crippen LogP contribution in [0.25, 0.3) is 0 Å². The summed E-state index contributed by atoms with van der Waals surface area (Å²) in [5, 5.41) is 4.01. The quantitative estimate of drug-likeness (QED) is 0.716. The Morgan fingerprint density at radius 2 is 2.06 bits per heavy atom. The lowest BCUT2D eigenvalue weighted by molar-refractivity contribution is 0.596. The summed E-state index contributed by atoms with van der Waals surface area (Å²) in [5.41, 5.74) is 0.220. The Bertz CT molecular complexity index is 633. The van der Waals surface area contributed by atoms with E-state index in [1.807, 2.05) is 22.6 Å². The number of halogens is 1. The number of hydrogen-bond donors (Lipinski definition) is 0. The Balaban J connectivity index is 2.57. The molecule has 0 aliphatic carbocycles. The van der Waals surface area contributed by atoms with Crippen molar-refractivity contribution in [2.75, 3.05) is 0 Å². The molecule has 7 heteroatoms. The molecule has 0 atom stereocenters. The van der Waals surface area contributed by atoms with Crippen LogP contribution in [0.1, 0.15) is 5.69 Å². The van der Waals surface area contributed by atoms with E-state index in [9.17, 15) is 9.59 Å². The van der Waals surface area contributed by atoms with Crippen LogP contribution in [-0.4, -0.2) is 18.9 Å². The van der Waals surface area contributed by atoms with Gasteiger partial charge in [0.1, 0.15) is 0 Å². The van der Waals surface area contributed by atoms with E-state index in [0.717, 1.165) is 5.69 Å². The fraction of sp³-hybridized carbons (Fsp3) is 0.300. The van der Waals surface area contributed by atoms with Crippen molar-refractivity contribution >= 4 is 22.6 Å². The van der Waals surface area contributed by atoms with Gasteiger partial charge in [-0.3, -0.25) is 14.0 Å². The molecule has 0 saturated carbocycles.